The van der Waals surface area contributed by atoms with Crippen LogP contribution in [0, 0.1) is 0 Å². The fourth-order valence-corrected chi connectivity index (χ4v) is 3.24. The van der Waals surface area contributed by atoms with Gasteiger partial charge in [0.25, 0.3) is 0 Å². The van der Waals surface area contributed by atoms with Gasteiger partial charge in [0, 0.05) is 37.9 Å². The van der Waals surface area contributed by atoms with Gasteiger partial charge in [-0.2, -0.15) is 0 Å². The molecule has 1 aromatic carbocycles. The van der Waals surface area contributed by atoms with E-state index in [0.717, 1.165) is 26.2 Å². The Labute approximate surface area is 136 Å². The Morgan fingerprint density at radius 2 is 2.35 bits per heavy atom. The van der Waals surface area contributed by atoms with Crippen molar-refractivity contribution >= 4 is 16.8 Å². The molecule has 1 aromatic heterocycles. The Hall–Kier alpha value is -1.89. The van der Waals surface area contributed by atoms with Gasteiger partial charge in [0.15, 0.2) is 0 Å². The number of primary amides is 1. The molecular formula is C17H24N4O2. The first kappa shape index (κ1) is 16.0. The lowest BCUT2D eigenvalue weighted by atomic mass is 10.1. The number of nitrogens with two attached hydrogens (primary N) is 1. The smallest absolute Gasteiger partial charge is 0.231 e. The number of para-hydroxylation sites is 1. The van der Waals surface area contributed by atoms with Crippen LogP contribution in [0.2, 0.25) is 0 Å². The number of hydrogen-bond donors (Lipinski definition) is 2. The number of aromatic nitrogens is 1. The molecule has 0 radical (unpaired) electrons. The van der Waals surface area contributed by atoms with E-state index in [1.165, 1.54) is 16.5 Å². The zero-order chi connectivity index (χ0) is 16.2. The Morgan fingerprint density at radius 3 is 3.17 bits per heavy atom. The predicted molar refractivity (Wildman–Crippen MR) is 90.0 cm³/mol. The number of likely N-dealkylation sites (N-methyl/N-ethyl adjacent to an activating group) is 1. The number of morpholine rings is 1. The summed E-state index contributed by atoms with van der Waals surface area (Å²) in [7, 11) is 1.90. The van der Waals surface area contributed by atoms with Crippen molar-refractivity contribution < 1.29 is 9.53 Å². The normalized spacial score (nSPS) is 19.5. The van der Waals surface area contributed by atoms with Gasteiger partial charge in [-0.3, -0.25) is 14.6 Å². The van der Waals surface area contributed by atoms with Crippen LogP contribution in [0.4, 0.5) is 0 Å². The van der Waals surface area contributed by atoms with Crippen LogP contribution in [0.15, 0.2) is 30.5 Å². The highest BCUT2D eigenvalue weighted by molar-refractivity contribution is 5.82. The van der Waals surface area contributed by atoms with Gasteiger partial charge in [-0.05, 0) is 24.1 Å². The average molecular weight is 316 g/mol. The highest BCUT2D eigenvalue weighted by Crippen LogP contribution is 2.19. The number of nitrogens with zero attached hydrogens (tertiary/aromatic N) is 2. The molecule has 6 heteroatoms. The lowest BCUT2D eigenvalue weighted by molar-refractivity contribution is -0.119. The van der Waals surface area contributed by atoms with Crippen LogP contribution >= 0.6 is 0 Å². The molecule has 0 spiro atoms. The summed E-state index contributed by atoms with van der Waals surface area (Å²) in [5.41, 5.74) is 7.75. The van der Waals surface area contributed by atoms with Gasteiger partial charge in [0.05, 0.1) is 19.3 Å². The third kappa shape index (κ3) is 4.10. The first-order chi connectivity index (χ1) is 11.1. The van der Waals surface area contributed by atoms with Crippen molar-refractivity contribution in [3.05, 3.63) is 36.0 Å². The van der Waals surface area contributed by atoms with Gasteiger partial charge in [0.1, 0.15) is 0 Å². The summed E-state index contributed by atoms with van der Waals surface area (Å²) in [5.74, 6) is -0.307. The second kappa shape index (κ2) is 7.12. The molecule has 0 aliphatic carbocycles. The maximum Gasteiger partial charge on any atom is 0.231 e. The van der Waals surface area contributed by atoms with Gasteiger partial charge in [-0.25, -0.2) is 0 Å². The number of benzene rings is 1. The molecule has 1 aliphatic heterocycles. The molecule has 124 valence electrons. The molecule has 3 rings (SSSR count). The van der Waals surface area contributed by atoms with E-state index in [-0.39, 0.29) is 18.6 Å². The standard InChI is InChI=1S/C17H24N4O2/c1-20(12-16(18)22)10-15-11-21(7-8-23-15)9-14-4-2-3-13-5-6-19-17(13)14/h2-6,15,19H,7-12H2,1H3,(H2,18,22). The van der Waals surface area contributed by atoms with E-state index in [2.05, 4.69) is 34.1 Å². The minimum Gasteiger partial charge on any atom is -0.374 e. The SMILES string of the molecule is CN(CC(N)=O)CC1CN(Cc2cccc3cc[nH]c23)CCO1. The summed E-state index contributed by atoms with van der Waals surface area (Å²) >= 11 is 0. The number of rotatable bonds is 6. The second-order valence-electron chi connectivity index (χ2n) is 6.25. The van der Waals surface area contributed by atoms with Crippen LogP contribution in [0.1, 0.15) is 5.56 Å². The van der Waals surface area contributed by atoms with Crippen molar-refractivity contribution in [1.29, 1.82) is 0 Å². The molecule has 0 bridgehead atoms. The highest BCUT2D eigenvalue weighted by atomic mass is 16.5. The average Bonchev–Trinajstić information content (AvgIpc) is 2.96. The summed E-state index contributed by atoms with van der Waals surface area (Å²) in [6, 6.07) is 8.49. The number of carbonyl (C=O) groups is 1. The number of nitrogens with one attached hydrogen (secondary N) is 1. The van der Waals surface area contributed by atoms with Gasteiger partial charge in [0.2, 0.25) is 5.91 Å². The van der Waals surface area contributed by atoms with E-state index in [0.29, 0.717) is 6.54 Å². The quantitative estimate of drug-likeness (QED) is 0.826. The Balaban J connectivity index is 1.60. The molecule has 0 saturated carbocycles. The Morgan fingerprint density at radius 1 is 1.48 bits per heavy atom. The molecule has 1 unspecified atom stereocenters. The van der Waals surface area contributed by atoms with Crippen molar-refractivity contribution in [3.63, 3.8) is 0 Å². The van der Waals surface area contributed by atoms with Gasteiger partial charge < -0.3 is 15.5 Å². The largest absolute Gasteiger partial charge is 0.374 e. The summed E-state index contributed by atoms with van der Waals surface area (Å²) in [6.07, 6.45) is 2.09. The van der Waals surface area contributed by atoms with E-state index >= 15 is 0 Å². The lowest BCUT2D eigenvalue weighted by Gasteiger charge is -2.34. The fraction of sp³-hybridized carbons (Fsp3) is 0.471. The van der Waals surface area contributed by atoms with Crippen LogP contribution in [0.3, 0.4) is 0 Å². The summed E-state index contributed by atoms with van der Waals surface area (Å²) < 4.78 is 5.83. The number of ether oxygens (including phenoxy) is 1. The molecule has 1 saturated heterocycles. The molecule has 23 heavy (non-hydrogen) atoms. The van der Waals surface area contributed by atoms with E-state index in [1.54, 1.807) is 0 Å². The Bertz CT molecular complexity index is 669. The Kier molecular flexibility index (Phi) is 4.95. The van der Waals surface area contributed by atoms with Crippen molar-refractivity contribution in [1.82, 2.24) is 14.8 Å². The van der Waals surface area contributed by atoms with Gasteiger partial charge in [-0.1, -0.05) is 18.2 Å². The topological polar surface area (TPSA) is 74.6 Å². The van der Waals surface area contributed by atoms with Gasteiger partial charge in [-0.15, -0.1) is 0 Å². The minimum atomic E-state index is -0.307. The highest BCUT2D eigenvalue weighted by Gasteiger charge is 2.22. The second-order valence-corrected chi connectivity index (χ2v) is 6.25. The summed E-state index contributed by atoms with van der Waals surface area (Å²) in [5, 5.41) is 1.24. The minimum absolute atomic E-state index is 0.107. The molecule has 1 aliphatic rings. The number of hydrogen-bond acceptors (Lipinski definition) is 4. The lowest BCUT2D eigenvalue weighted by Crippen LogP contribution is -2.47. The fourth-order valence-electron chi connectivity index (χ4n) is 3.24. The first-order valence-corrected chi connectivity index (χ1v) is 7.97. The first-order valence-electron chi connectivity index (χ1n) is 7.97. The van der Waals surface area contributed by atoms with Crippen LogP contribution in [-0.4, -0.2) is 66.6 Å². The van der Waals surface area contributed by atoms with Crippen molar-refractivity contribution in [2.45, 2.75) is 12.6 Å². The van der Waals surface area contributed by atoms with E-state index in [4.69, 9.17) is 10.5 Å². The third-order valence-corrected chi connectivity index (χ3v) is 4.23. The van der Waals surface area contributed by atoms with E-state index < -0.39 is 0 Å². The third-order valence-electron chi connectivity index (χ3n) is 4.23. The molecule has 6 nitrogen and oxygen atoms in total. The van der Waals surface area contributed by atoms with E-state index in [1.807, 2.05) is 18.1 Å². The predicted octanol–water partition coefficient (Wildman–Crippen LogP) is 0.786. The van der Waals surface area contributed by atoms with E-state index in [9.17, 15) is 4.79 Å². The molecule has 2 aromatic rings. The molecule has 1 atom stereocenters. The van der Waals surface area contributed by atoms with Crippen molar-refractivity contribution in [2.24, 2.45) is 5.73 Å². The number of H-pyrrole nitrogens is 1. The maximum absolute atomic E-state index is 11.0. The molecule has 1 amide bonds. The molecule has 1 fully saturated rings. The number of carbonyl (C=O) groups excluding carboxylic acids is 1. The van der Waals surface area contributed by atoms with Crippen LogP contribution in [0.25, 0.3) is 10.9 Å². The number of aromatic amines is 1. The van der Waals surface area contributed by atoms with Crippen LogP contribution < -0.4 is 5.73 Å². The molecule has 3 N–H and O–H groups in total. The van der Waals surface area contributed by atoms with Crippen LogP contribution in [-0.2, 0) is 16.1 Å². The van der Waals surface area contributed by atoms with Gasteiger partial charge >= 0.3 is 0 Å². The zero-order valence-electron chi connectivity index (χ0n) is 13.5. The number of fused-ring (bicyclic) bond motifs is 1. The monoisotopic (exact) mass is 316 g/mol. The molecule has 2 heterocycles. The summed E-state index contributed by atoms with van der Waals surface area (Å²) in [6.45, 7) is 4.38. The molecular weight excluding hydrogens is 292 g/mol. The zero-order valence-corrected chi connectivity index (χ0v) is 13.5. The maximum atomic E-state index is 11.0. The van der Waals surface area contributed by atoms with Crippen molar-refractivity contribution in [2.75, 3.05) is 39.8 Å². The van der Waals surface area contributed by atoms with Crippen molar-refractivity contribution in [3.8, 4) is 0 Å². The summed E-state index contributed by atoms with van der Waals surface area (Å²) in [4.78, 5) is 18.6. The van der Waals surface area contributed by atoms with Crippen LogP contribution in [0.5, 0.6) is 0 Å². The number of amides is 1.